The Morgan fingerprint density at radius 3 is 2.45 bits per heavy atom. The van der Waals surface area contributed by atoms with Crippen molar-refractivity contribution in [2.75, 3.05) is 11.1 Å². The molecule has 0 unspecified atom stereocenters. The molecule has 1 amide bonds. The molecule has 0 bridgehead atoms. The molecule has 20 heavy (non-hydrogen) atoms. The molecule has 4 heteroatoms. The van der Waals surface area contributed by atoms with Gasteiger partial charge in [-0.1, -0.05) is 29.8 Å². The van der Waals surface area contributed by atoms with Crippen molar-refractivity contribution in [3.05, 3.63) is 59.1 Å². The van der Waals surface area contributed by atoms with E-state index in [0.717, 1.165) is 24.1 Å². The maximum Gasteiger partial charge on any atom is 0.235 e. The molecule has 0 radical (unpaired) electrons. The lowest BCUT2D eigenvalue weighted by Gasteiger charge is -2.16. The summed E-state index contributed by atoms with van der Waals surface area (Å²) in [6.07, 6.45) is 1.73. The van der Waals surface area contributed by atoms with Gasteiger partial charge in [0.15, 0.2) is 0 Å². The Labute approximate surface area is 122 Å². The van der Waals surface area contributed by atoms with Crippen molar-refractivity contribution in [3.63, 3.8) is 0 Å². The fourth-order valence-corrected chi connectivity index (χ4v) is 2.58. The Morgan fingerprint density at radius 1 is 1.15 bits per heavy atom. The summed E-state index contributed by atoms with van der Waals surface area (Å²) in [6, 6.07) is 14.7. The van der Waals surface area contributed by atoms with Gasteiger partial charge in [0.2, 0.25) is 5.91 Å². The standard InChI is InChI=1S/C16H15ClN2O/c17-12-2-1-3-14(10-12)19-15(20)16(8-9-16)11-4-6-13(18)7-5-11/h1-7,10H,8-9,18H2,(H,19,20). The third-order valence-corrected chi connectivity index (χ3v) is 3.97. The third kappa shape index (κ3) is 2.37. The van der Waals surface area contributed by atoms with E-state index in [1.807, 2.05) is 36.4 Å². The minimum atomic E-state index is -0.407. The molecule has 2 aromatic rings. The van der Waals surface area contributed by atoms with Crippen molar-refractivity contribution >= 4 is 28.9 Å². The summed E-state index contributed by atoms with van der Waals surface area (Å²) in [5, 5.41) is 3.56. The Bertz CT molecular complexity index is 648. The highest BCUT2D eigenvalue weighted by atomic mass is 35.5. The minimum Gasteiger partial charge on any atom is -0.399 e. The Balaban J connectivity index is 1.81. The molecule has 3 rings (SSSR count). The number of halogens is 1. The number of carbonyl (C=O) groups excluding carboxylic acids is 1. The van der Waals surface area contributed by atoms with Crippen LogP contribution in [0.15, 0.2) is 48.5 Å². The second kappa shape index (κ2) is 4.84. The highest BCUT2D eigenvalue weighted by molar-refractivity contribution is 6.30. The van der Waals surface area contributed by atoms with E-state index in [0.29, 0.717) is 10.7 Å². The summed E-state index contributed by atoms with van der Waals surface area (Å²) in [4.78, 5) is 12.5. The van der Waals surface area contributed by atoms with Crippen LogP contribution < -0.4 is 11.1 Å². The molecule has 1 aliphatic rings. The van der Waals surface area contributed by atoms with Crippen LogP contribution in [-0.2, 0) is 10.2 Å². The molecule has 102 valence electrons. The number of amides is 1. The maximum absolute atomic E-state index is 12.5. The summed E-state index contributed by atoms with van der Waals surface area (Å²) in [6.45, 7) is 0. The fourth-order valence-electron chi connectivity index (χ4n) is 2.39. The minimum absolute atomic E-state index is 0.0181. The van der Waals surface area contributed by atoms with Gasteiger partial charge < -0.3 is 11.1 Å². The van der Waals surface area contributed by atoms with Crippen LogP contribution in [0.4, 0.5) is 11.4 Å². The highest BCUT2D eigenvalue weighted by Crippen LogP contribution is 2.49. The normalized spacial score (nSPS) is 15.7. The molecule has 1 saturated carbocycles. The number of nitrogen functional groups attached to an aromatic ring is 1. The molecule has 0 saturated heterocycles. The lowest BCUT2D eigenvalue weighted by atomic mass is 9.94. The van der Waals surface area contributed by atoms with E-state index in [1.54, 1.807) is 12.1 Å². The van der Waals surface area contributed by atoms with Crippen molar-refractivity contribution in [2.24, 2.45) is 0 Å². The molecule has 0 aromatic heterocycles. The van der Waals surface area contributed by atoms with E-state index in [1.165, 1.54) is 0 Å². The van der Waals surface area contributed by atoms with Gasteiger partial charge in [-0.05, 0) is 48.7 Å². The molecule has 2 aromatic carbocycles. The smallest absolute Gasteiger partial charge is 0.235 e. The number of benzene rings is 2. The lowest BCUT2D eigenvalue weighted by Crippen LogP contribution is -2.27. The summed E-state index contributed by atoms with van der Waals surface area (Å²) in [5.74, 6) is 0.0181. The SMILES string of the molecule is Nc1ccc(C2(C(=O)Nc3cccc(Cl)c3)CC2)cc1. The molecule has 3 N–H and O–H groups in total. The van der Waals surface area contributed by atoms with Crippen molar-refractivity contribution < 1.29 is 4.79 Å². The molecule has 0 heterocycles. The zero-order chi connectivity index (χ0) is 14.2. The van der Waals surface area contributed by atoms with Crippen LogP contribution in [0.1, 0.15) is 18.4 Å². The van der Waals surface area contributed by atoms with Gasteiger partial charge in [-0.3, -0.25) is 4.79 Å². The van der Waals surface area contributed by atoms with E-state index in [-0.39, 0.29) is 5.91 Å². The second-order valence-corrected chi connectivity index (χ2v) is 5.61. The predicted molar refractivity (Wildman–Crippen MR) is 81.8 cm³/mol. The summed E-state index contributed by atoms with van der Waals surface area (Å²) >= 11 is 5.93. The molecule has 0 atom stereocenters. The first-order chi connectivity index (χ1) is 9.60. The highest BCUT2D eigenvalue weighted by Gasteiger charge is 2.51. The Kier molecular flexibility index (Phi) is 3.14. The van der Waals surface area contributed by atoms with Crippen LogP contribution in [0.2, 0.25) is 5.02 Å². The van der Waals surface area contributed by atoms with Gasteiger partial charge in [-0.15, -0.1) is 0 Å². The van der Waals surface area contributed by atoms with Gasteiger partial charge in [-0.25, -0.2) is 0 Å². The number of nitrogens with one attached hydrogen (secondary N) is 1. The Hall–Kier alpha value is -2.00. The first-order valence-electron chi connectivity index (χ1n) is 6.53. The molecule has 1 fully saturated rings. The average molecular weight is 287 g/mol. The van der Waals surface area contributed by atoms with Gasteiger partial charge in [0.1, 0.15) is 0 Å². The Morgan fingerprint density at radius 2 is 1.85 bits per heavy atom. The average Bonchev–Trinajstić information content (AvgIpc) is 3.21. The van der Waals surface area contributed by atoms with Crippen LogP contribution in [-0.4, -0.2) is 5.91 Å². The van der Waals surface area contributed by atoms with Gasteiger partial charge in [0.25, 0.3) is 0 Å². The lowest BCUT2D eigenvalue weighted by molar-refractivity contribution is -0.118. The zero-order valence-electron chi connectivity index (χ0n) is 10.9. The molecule has 0 spiro atoms. The van der Waals surface area contributed by atoms with Crippen molar-refractivity contribution in [1.29, 1.82) is 0 Å². The van der Waals surface area contributed by atoms with Gasteiger partial charge in [0, 0.05) is 16.4 Å². The fraction of sp³-hybridized carbons (Fsp3) is 0.188. The number of anilines is 2. The number of nitrogens with two attached hydrogens (primary N) is 1. The van der Waals surface area contributed by atoms with Crippen molar-refractivity contribution in [1.82, 2.24) is 0 Å². The van der Waals surface area contributed by atoms with Crippen LogP contribution in [0.3, 0.4) is 0 Å². The molecule has 1 aliphatic carbocycles. The summed E-state index contributed by atoms with van der Waals surface area (Å²) < 4.78 is 0. The first kappa shape index (κ1) is 13.0. The number of carbonyl (C=O) groups is 1. The summed E-state index contributed by atoms with van der Waals surface area (Å²) in [5.41, 5.74) is 7.74. The number of rotatable bonds is 3. The third-order valence-electron chi connectivity index (χ3n) is 3.73. The molecular weight excluding hydrogens is 272 g/mol. The first-order valence-corrected chi connectivity index (χ1v) is 6.91. The van der Waals surface area contributed by atoms with E-state index in [9.17, 15) is 4.79 Å². The molecular formula is C16H15ClN2O. The van der Waals surface area contributed by atoms with E-state index in [2.05, 4.69) is 5.32 Å². The van der Waals surface area contributed by atoms with E-state index in [4.69, 9.17) is 17.3 Å². The van der Waals surface area contributed by atoms with E-state index < -0.39 is 5.41 Å². The largest absolute Gasteiger partial charge is 0.399 e. The van der Waals surface area contributed by atoms with Gasteiger partial charge in [0.05, 0.1) is 5.41 Å². The van der Waals surface area contributed by atoms with Crippen LogP contribution in [0, 0.1) is 0 Å². The van der Waals surface area contributed by atoms with Gasteiger partial charge >= 0.3 is 0 Å². The molecule has 0 aliphatic heterocycles. The molecule has 3 nitrogen and oxygen atoms in total. The predicted octanol–water partition coefficient (Wildman–Crippen LogP) is 3.59. The van der Waals surface area contributed by atoms with E-state index >= 15 is 0 Å². The second-order valence-electron chi connectivity index (χ2n) is 5.17. The van der Waals surface area contributed by atoms with Crippen LogP contribution in [0.5, 0.6) is 0 Å². The number of hydrogen-bond acceptors (Lipinski definition) is 2. The van der Waals surface area contributed by atoms with Crippen molar-refractivity contribution in [2.45, 2.75) is 18.3 Å². The quantitative estimate of drug-likeness (QED) is 0.847. The zero-order valence-corrected chi connectivity index (χ0v) is 11.7. The maximum atomic E-state index is 12.5. The van der Waals surface area contributed by atoms with Crippen LogP contribution >= 0.6 is 11.6 Å². The van der Waals surface area contributed by atoms with Gasteiger partial charge in [-0.2, -0.15) is 0 Å². The van der Waals surface area contributed by atoms with Crippen LogP contribution in [0.25, 0.3) is 0 Å². The number of hydrogen-bond donors (Lipinski definition) is 2. The topological polar surface area (TPSA) is 55.1 Å². The van der Waals surface area contributed by atoms with Crippen molar-refractivity contribution in [3.8, 4) is 0 Å². The summed E-state index contributed by atoms with van der Waals surface area (Å²) in [7, 11) is 0. The monoisotopic (exact) mass is 286 g/mol.